The maximum absolute atomic E-state index is 12.3. The van der Waals surface area contributed by atoms with Crippen molar-refractivity contribution in [2.45, 2.75) is 19.3 Å². The van der Waals surface area contributed by atoms with E-state index in [-0.39, 0.29) is 5.91 Å². The van der Waals surface area contributed by atoms with E-state index < -0.39 is 0 Å². The van der Waals surface area contributed by atoms with Crippen LogP contribution in [-0.2, 0) is 0 Å². The summed E-state index contributed by atoms with van der Waals surface area (Å²) in [7, 11) is 4.04. The van der Waals surface area contributed by atoms with Crippen LogP contribution in [0.25, 0.3) is 0 Å². The zero-order chi connectivity index (χ0) is 14.4. The molecule has 0 unspecified atom stereocenters. The summed E-state index contributed by atoms with van der Waals surface area (Å²) in [6, 6.07) is 1.74. The number of hydrogen-bond acceptors (Lipinski definition) is 5. The van der Waals surface area contributed by atoms with Crippen LogP contribution < -0.4 is 5.32 Å². The van der Waals surface area contributed by atoms with E-state index in [1.807, 2.05) is 19.0 Å². The minimum atomic E-state index is 0.0164. The molecule has 0 radical (unpaired) electrons. The number of anilines is 1. The number of piperidine rings is 1. The Morgan fingerprint density at radius 1 is 1.30 bits per heavy atom. The number of hydrogen-bond donors (Lipinski definition) is 1. The van der Waals surface area contributed by atoms with Crippen LogP contribution in [0.2, 0.25) is 0 Å². The first-order chi connectivity index (χ1) is 9.66. The lowest BCUT2D eigenvalue weighted by Gasteiger charge is -2.26. The molecule has 1 aliphatic heterocycles. The average Bonchev–Trinajstić information content (AvgIpc) is 2.47. The van der Waals surface area contributed by atoms with Crippen molar-refractivity contribution in [3.63, 3.8) is 0 Å². The molecule has 6 heteroatoms. The van der Waals surface area contributed by atoms with Gasteiger partial charge in [0.15, 0.2) is 0 Å². The van der Waals surface area contributed by atoms with Crippen LogP contribution >= 0.6 is 0 Å². The van der Waals surface area contributed by atoms with Crippen molar-refractivity contribution in [2.75, 3.05) is 45.6 Å². The Bertz CT molecular complexity index is 443. The van der Waals surface area contributed by atoms with Gasteiger partial charge in [0.25, 0.3) is 5.91 Å². The third-order valence-corrected chi connectivity index (χ3v) is 3.39. The number of rotatable bonds is 5. The van der Waals surface area contributed by atoms with Gasteiger partial charge in [0.1, 0.15) is 17.8 Å². The quantitative estimate of drug-likeness (QED) is 0.872. The number of likely N-dealkylation sites (tertiary alicyclic amines) is 1. The maximum Gasteiger partial charge on any atom is 0.272 e. The third kappa shape index (κ3) is 4.16. The van der Waals surface area contributed by atoms with E-state index in [2.05, 4.69) is 20.2 Å². The van der Waals surface area contributed by atoms with Gasteiger partial charge < -0.3 is 15.1 Å². The molecule has 0 aliphatic carbocycles. The molecule has 6 nitrogen and oxygen atoms in total. The van der Waals surface area contributed by atoms with Gasteiger partial charge in [-0.1, -0.05) is 0 Å². The van der Waals surface area contributed by atoms with E-state index in [0.717, 1.165) is 39.0 Å². The average molecular weight is 277 g/mol. The molecule has 1 fully saturated rings. The Morgan fingerprint density at radius 3 is 2.75 bits per heavy atom. The van der Waals surface area contributed by atoms with E-state index in [1.165, 1.54) is 12.7 Å². The van der Waals surface area contributed by atoms with Gasteiger partial charge in [-0.25, -0.2) is 9.97 Å². The number of carbonyl (C=O) groups is 1. The first-order valence-electron chi connectivity index (χ1n) is 7.17. The van der Waals surface area contributed by atoms with Gasteiger partial charge in [-0.05, 0) is 33.4 Å². The van der Waals surface area contributed by atoms with Crippen LogP contribution in [0.15, 0.2) is 12.4 Å². The van der Waals surface area contributed by atoms with E-state index in [4.69, 9.17) is 0 Å². The highest BCUT2D eigenvalue weighted by atomic mass is 16.2. The number of nitrogens with one attached hydrogen (secondary N) is 1. The molecular weight excluding hydrogens is 254 g/mol. The van der Waals surface area contributed by atoms with Gasteiger partial charge >= 0.3 is 0 Å². The van der Waals surface area contributed by atoms with Gasteiger partial charge in [0, 0.05) is 32.2 Å². The van der Waals surface area contributed by atoms with Gasteiger partial charge in [-0.3, -0.25) is 4.79 Å². The highest BCUT2D eigenvalue weighted by Crippen LogP contribution is 2.13. The second-order valence-corrected chi connectivity index (χ2v) is 5.37. The summed E-state index contributed by atoms with van der Waals surface area (Å²) in [5.41, 5.74) is 0.481. The van der Waals surface area contributed by atoms with Gasteiger partial charge in [0.05, 0.1) is 0 Å². The van der Waals surface area contributed by atoms with Crippen molar-refractivity contribution in [3.8, 4) is 0 Å². The van der Waals surface area contributed by atoms with Crippen LogP contribution in [0, 0.1) is 0 Å². The SMILES string of the molecule is CN(C)CCNc1cc(C(=O)N2CCCCC2)ncn1. The molecule has 2 rings (SSSR count). The predicted molar refractivity (Wildman–Crippen MR) is 78.8 cm³/mol. The maximum atomic E-state index is 12.3. The normalized spacial score (nSPS) is 15.4. The summed E-state index contributed by atoms with van der Waals surface area (Å²) >= 11 is 0. The lowest BCUT2D eigenvalue weighted by atomic mass is 10.1. The number of carbonyl (C=O) groups excluding carboxylic acids is 1. The molecule has 0 atom stereocenters. The minimum absolute atomic E-state index is 0.0164. The largest absolute Gasteiger partial charge is 0.369 e. The van der Waals surface area contributed by atoms with Crippen molar-refractivity contribution >= 4 is 11.7 Å². The smallest absolute Gasteiger partial charge is 0.272 e. The summed E-state index contributed by atoms with van der Waals surface area (Å²) in [6.45, 7) is 3.39. The van der Waals surface area contributed by atoms with E-state index in [9.17, 15) is 4.79 Å². The topological polar surface area (TPSA) is 61.4 Å². The van der Waals surface area contributed by atoms with Crippen molar-refractivity contribution in [2.24, 2.45) is 0 Å². The molecule has 0 spiro atoms. The molecule has 1 N–H and O–H groups in total. The van der Waals surface area contributed by atoms with Crippen molar-refractivity contribution in [1.82, 2.24) is 19.8 Å². The second kappa shape index (κ2) is 7.19. The first kappa shape index (κ1) is 14.7. The van der Waals surface area contributed by atoms with E-state index in [0.29, 0.717) is 11.5 Å². The van der Waals surface area contributed by atoms with Crippen molar-refractivity contribution in [1.29, 1.82) is 0 Å². The highest BCUT2D eigenvalue weighted by molar-refractivity contribution is 5.92. The molecule has 0 bridgehead atoms. The second-order valence-electron chi connectivity index (χ2n) is 5.37. The van der Waals surface area contributed by atoms with E-state index >= 15 is 0 Å². The number of aromatic nitrogens is 2. The van der Waals surface area contributed by atoms with Crippen LogP contribution in [0.4, 0.5) is 5.82 Å². The molecular formula is C14H23N5O. The molecule has 2 heterocycles. The van der Waals surface area contributed by atoms with Gasteiger partial charge in [0.2, 0.25) is 0 Å². The van der Waals surface area contributed by atoms with Crippen LogP contribution in [0.1, 0.15) is 29.8 Å². The minimum Gasteiger partial charge on any atom is -0.369 e. The Balaban J connectivity index is 1.95. The zero-order valence-corrected chi connectivity index (χ0v) is 12.3. The molecule has 0 aromatic carbocycles. The summed E-state index contributed by atoms with van der Waals surface area (Å²) in [5.74, 6) is 0.727. The molecule has 1 saturated heterocycles. The monoisotopic (exact) mass is 277 g/mol. The first-order valence-corrected chi connectivity index (χ1v) is 7.17. The lowest BCUT2D eigenvalue weighted by molar-refractivity contribution is 0.0718. The summed E-state index contributed by atoms with van der Waals surface area (Å²) in [5, 5.41) is 3.21. The molecule has 20 heavy (non-hydrogen) atoms. The number of nitrogens with zero attached hydrogens (tertiary/aromatic N) is 4. The van der Waals surface area contributed by atoms with Crippen molar-refractivity contribution in [3.05, 3.63) is 18.1 Å². The Hall–Kier alpha value is -1.69. The number of amides is 1. The lowest BCUT2D eigenvalue weighted by Crippen LogP contribution is -2.36. The summed E-state index contributed by atoms with van der Waals surface area (Å²) in [6.07, 6.45) is 4.84. The molecule has 1 aromatic heterocycles. The highest BCUT2D eigenvalue weighted by Gasteiger charge is 2.19. The van der Waals surface area contributed by atoms with E-state index in [1.54, 1.807) is 6.07 Å². The molecule has 1 aliphatic rings. The fourth-order valence-corrected chi connectivity index (χ4v) is 2.24. The standard InChI is InChI=1S/C14H23N5O/c1-18(2)9-6-15-13-10-12(16-11-17-13)14(20)19-7-4-3-5-8-19/h10-11H,3-9H2,1-2H3,(H,15,16,17). The summed E-state index contributed by atoms with van der Waals surface area (Å²) < 4.78 is 0. The molecule has 0 saturated carbocycles. The fourth-order valence-electron chi connectivity index (χ4n) is 2.24. The van der Waals surface area contributed by atoms with Crippen LogP contribution in [-0.4, -0.2) is 65.9 Å². The fraction of sp³-hybridized carbons (Fsp3) is 0.643. The zero-order valence-electron chi connectivity index (χ0n) is 12.3. The van der Waals surface area contributed by atoms with Gasteiger partial charge in [-0.15, -0.1) is 0 Å². The van der Waals surface area contributed by atoms with Crippen LogP contribution in [0.3, 0.4) is 0 Å². The Kier molecular flexibility index (Phi) is 5.29. The van der Waals surface area contributed by atoms with Crippen molar-refractivity contribution < 1.29 is 4.79 Å². The number of likely N-dealkylation sites (N-methyl/N-ethyl adjacent to an activating group) is 1. The molecule has 1 amide bonds. The Morgan fingerprint density at radius 2 is 2.05 bits per heavy atom. The summed E-state index contributed by atoms with van der Waals surface area (Å²) in [4.78, 5) is 24.6. The molecule has 110 valence electrons. The van der Waals surface area contributed by atoms with Gasteiger partial charge in [-0.2, -0.15) is 0 Å². The van der Waals surface area contributed by atoms with Crippen LogP contribution in [0.5, 0.6) is 0 Å². The third-order valence-electron chi connectivity index (χ3n) is 3.39. The Labute approximate surface area is 120 Å². The predicted octanol–water partition coefficient (Wildman–Crippen LogP) is 1.08. The molecule has 1 aromatic rings.